The first-order valence-electron chi connectivity index (χ1n) is 5.96. The van der Waals surface area contributed by atoms with E-state index in [9.17, 15) is 19.0 Å². The van der Waals surface area contributed by atoms with E-state index >= 15 is 0 Å². The quantitative estimate of drug-likeness (QED) is 0.766. The van der Waals surface area contributed by atoms with Gasteiger partial charge in [-0.3, -0.25) is 0 Å². The zero-order valence-electron chi connectivity index (χ0n) is 10.2. The van der Waals surface area contributed by atoms with Crippen molar-refractivity contribution in [3.05, 3.63) is 35.4 Å². The summed E-state index contributed by atoms with van der Waals surface area (Å²) in [5, 5.41) is 22.4. The van der Waals surface area contributed by atoms with Crippen LogP contribution in [0.4, 0.5) is 8.78 Å². The van der Waals surface area contributed by atoms with Crippen molar-refractivity contribution in [3.63, 3.8) is 0 Å². The molecular weight excluding hydrogens is 240 g/mol. The van der Waals surface area contributed by atoms with Crippen molar-refractivity contribution in [2.24, 2.45) is 0 Å². The summed E-state index contributed by atoms with van der Waals surface area (Å²) in [7, 11) is 0. The van der Waals surface area contributed by atoms with Gasteiger partial charge in [0, 0.05) is 12.6 Å². The minimum absolute atomic E-state index is 0.167. The molecule has 2 rings (SSSR count). The molecule has 0 aromatic heterocycles. The van der Waals surface area contributed by atoms with Gasteiger partial charge in [0.2, 0.25) is 0 Å². The Balaban J connectivity index is 1.84. The molecule has 3 nitrogen and oxygen atoms in total. The van der Waals surface area contributed by atoms with Crippen molar-refractivity contribution < 1.29 is 19.0 Å². The van der Waals surface area contributed by atoms with Crippen molar-refractivity contribution in [2.75, 3.05) is 6.54 Å². The molecule has 1 aromatic carbocycles. The van der Waals surface area contributed by atoms with Crippen molar-refractivity contribution in [1.29, 1.82) is 0 Å². The molecule has 0 amide bonds. The molecule has 0 saturated heterocycles. The second kappa shape index (κ2) is 4.91. The molecule has 0 aliphatic heterocycles. The van der Waals surface area contributed by atoms with Gasteiger partial charge in [0.1, 0.15) is 0 Å². The van der Waals surface area contributed by atoms with Crippen LogP contribution >= 0.6 is 0 Å². The smallest absolute Gasteiger partial charge is 0.159 e. The molecule has 1 aliphatic carbocycles. The van der Waals surface area contributed by atoms with E-state index in [1.54, 1.807) is 6.92 Å². The predicted octanol–water partition coefficient (Wildman–Crippen LogP) is 1.50. The fourth-order valence-corrected chi connectivity index (χ4v) is 2.26. The molecule has 0 radical (unpaired) electrons. The van der Waals surface area contributed by atoms with E-state index < -0.39 is 23.3 Å². The van der Waals surface area contributed by atoms with Crippen molar-refractivity contribution in [1.82, 2.24) is 5.32 Å². The van der Waals surface area contributed by atoms with Gasteiger partial charge in [-0.1, -0.05) is 6.07 Å². The van der Waals surface area contributed by atoms with Gasteiger partial charge in [-0.05, 0) is 37.5 Å². The molecule has 1 saturated carbocycles. The maximum atomic E-state index is 13.0. The first-order valence-corrected chi connectivity index (χ1v) is 5.96. The van der Waals surface area contributed by atoms with E-state index in [0.717, 1.165) is 12.1 Å². The van der Waals surface area contributed by atoms with E-state index in [2.05, 4.69) is 5.32 Å². The normalized spacial score (nSPS) is 28.8. The van der Waals surface area contributed by atoms with E-state index in [1.807, 2.05) is 0 Å². The first kappa shape index (κ1) is 13.4. The molecule has 1 atom stereocenters. The Morgan fingerprint density at radius 2 is 2.06 bits per heavy atom. The minimum atomic E-state index is -0.960. The van der Waals surface area contributed by atoms with Gasteiger partial charge in [-0.2, -0.15) is 0 Å². The van der Waals surface area contributed by atoms with Crippen LogP contribution in [-0.2, 0) is 0 Å². The summed E-state index contributed by atoms with van der Waals surface area (Å²) >= 11 is 0. The summed E-state index contributed by atoms with van der Waals surface area (Å²) in [4.78, 5) is 0. The molecule has 1 aliphatic rings. The molecule has 100 valence electrons. The Morgan fingerprint density at radius 3 is 2.61 bits per heavy atom. The molecule has 0 heterocycles. The molecule has 0 spiro atoms. The maximum absolute atomic E-state index is 13.0. The van der Waals surface area contributed by atoms with Gasteiger partial charge in [0.25, 0.3) is 0 Å². The molecule has 0 bridgehead atoms. The minimum Gasteiger partial charge on any atom is -0.390 e. The summed E-state index contributed by atoms with van der Waals surface area (Å²) < 4.78 is 25.7. The zero-order chi connectivity index (χ0) is 13.3. The van der Waals surface area contributed by atoms with Crippen molar-refractivity contribution >= 4 is 0 Å². The summed E-state index contributed by atoms with van der Waals surface area (Å²) in [5.41, 5.74) is -0.280. The molecular formula is C13H17F2NO2. The lowest BCUT2D eigenvalue weighted by atomic mass is 9.77. The zero-order valence-corrected chi connectivity index (χ0v) is 10.2. The van der Waals surface area contributed by atoms with Gasteiger partial charge in [-0.25, -0.2) is 8.78 Å². The van der Waals surface area contributed by atoms with E-state index in [1.165, 1.54) is 6.07 Å². The number of aliphatic hydroxyl groups is 2. The first-order chi connectivity index (χ1) is 8.37. The largest absolute Gasteiger partial charge is 0.390 e. The van der Waals surface area contributed by atoms with Crippen molar-refractivity contribution in [3.8, 4) is 0 Å². The Bertz CT molecular complexity index is 429. The van der Waals surface area contributed by atoms with Gasteiger partial charge in [0.15, 0.2) is 11.6 Å². The van der Waals surface area contributed by atoms with Gasteiger partial charge < -0.3 is 15.5 Å². The summed E-state index contributed by atoms with van der Waals surface area (Å²) in [6.07, 6.45) is 0.389. The van der Waals surface area contributed by atoms with E-state index in [0.29, 0.717) is 18.4 Å². The third kappa shape index (κ3) is 3.04. The average molecular weight is 257 g/mol. The van der Waals surface area contributed by atoms with E-state index in [4.69, 9.17) is 0 Å². The van der Waals surface area contributed by atoms with Crippen LogP contribution in [-0.4, -0.2) is 28.4 Å². The number of hydrogen-bond acceptors (Lipinski definition) is 3. The van der Waals surface area contributed by atoms with Gasteiger partial charge >= 0.3 is 0 Å². The van der Waals surface area contributed by atoms with Crippen LogP contribution in [0.15, 0.2) is 18.2 Å². The Hall–Kier alpha value is -1.04. The topological polar surface area (TPSA) is 52.5 Å². The van der Waals surface area contributed by atoms with Crippen molar-refractivity contribution in [2.45, 2.75) is 37.5 Å². The van der Waals surface area contributed by atoms with E-state index in [-0.39, 0.29) is 12.6 Å². The molecule has 1 unspecified atom stereocenters. The number of benzene rings is 1. The highest BCUT2D eigenvalue weighted by molar-refractivity contribution is 5.20. The predicted molar refractivity (Wildman–Crippen MR) is 63.0 cm³/mol. The number of hydrogen-bond donors (Lipinski definition) is 3. The number of nitrogens with one attached hydrogen (secondary N) is 1. The highest BCUT2D eigenvalue weighted by Crippen LogP contribution is 2.31. The van der Waals surface area contributed by atoms with Crippen LogP contribution in [0.1, 0.15) is 31.4 Å². The molecule has 5 heteroatoms. The lowest BCUT2D eigenvalue weighted by molar-refractivity contribution is -0.0413. The summed E-state index contributed by atoms with van der Waals surface area (Å²) in [6, 6.07) is 3.53. The highest BCUT2D eigenvalue weighted by atomic mass is 19.2. The Kier molecular flexibility index (Phi) is 3.66. The molecule has 1 fully saturated rings. The number of halogens is 2. The molecule has 3 N–H and O–H groups in total. The molecule has 1 aromatic rings. The number of rotatable bonds is 4. The highest BCUT2D eigenvalue weighted by Gasteiger charge is 2.38. The Labute approximate surface area is 104 Å². The third-order valence-electron chi connectivity index (χ3n) is 3.30. The second-order valence-electron chi connectivity index (χ2n) is 5.20. The van der Waals surface area contributed by atoms with Gasteiger partial charge in [-0.15, -0.1) is 0 Å². The van der Waals surface area contributed by atoms with Crippen LogP contribution in [0.2, 0.25) is 0 Å². The Morgan fingerprint density at radius 1 is 1.39 bits per heavy atom. The van der Waals surface area contributed by atoms with Crippen LogP contribution in [0.3, 0.4) is 0 Å². The third-order valence-corrected chi connectivity index (χ3v) is 3.30. The van der Waals surface area contributed by atoms with Crippen LogP contribution in [0.5, 0.6) is 0 Å². The monoisotopic (exact) mass is 257 g/mol. The summed E-state index contributed by atoms with van der Waals surface area (Å²) in [5.74, 6) is -1.88. The number of aliphatic hydroxyl groups excluding tert-OH is 1. The van der Waals surface area contributed by atoms with Crippen LogP contribution in [0.25, 0.3) is 0 Å². The average Bonchev–Trinajstić information content (AvgIpc) is 2.26. The fraction of sp³-hybridized carbons (Fsp3) is 0.538. The SMILES string of the molecule is CC1(O)CC(NCC(O)c2ccc(F)c(F)c2)C1. The lowest BCUT2D eigenvalue weighted by Gasteiger charge is -2.41. The van der Waals surface area contributed by atoms with Gasteiger partial charge in [0.05, 0.1) is 11.7 Å². The fourth-order valence-electron chi connectivity index (χ4n) is 2.26. The molecule has 18 heavy (non-hydrogen) atoms. The van der Waals surface area contributed by atoms with Crippen LogP contribution in [0, 0.1) is 11.6 Å². The van der Waals surface area contributed by atoms with Crippen LogP contribution < -0.4 is 5.32 Å². The maximum Gasteiger partial charge on any atom is 0.159 e. The lowest BCUT2D eigenvalue weighted by Crippen LogP contribution is -2.52. The second-order valence-corrected chi connectivity index (χ2v) is 5.20. The standard InChI is InChI=1S/C13H17F2NO2/c1-13(18)5-9(6-13)16-7-12(17)8-2-3-10(14)11(15)4-8/h2-4,9,12,16-18H,5-7H2,1H3. The summed E-state index contributed by atoms with van der Waals surface area (Å²) in [6.45, 7) is 2.02.